The van der Waals surface area contributed by atoms with Crippen LogP contribution in [0.4, 0.5) is 5.69 Å². The van der Waals surface area contributed by atoms with Gasteiger partial charge in [0, 0.05) is 12.1 Å². The number of carbonyl (C=O) groups is 2. The molecule has 2 N–H and O–H groups in total. The second kappa shape index (κ2) is 8.46. The maximum Gasteiger partial charge on any atom is 0.341 e. The molecular formula is C21H22N2O7S. The smallest absolute Gasteiger partial charge is 0.341 e. The first-order valence-electron chi connectivity index (χ1n) is 9.86. The highest BCUT2D eigenvalue weighted by atomic mass is 32.2. The Labute approximate surface area is 179 Å². The summed E-state index contributed by atoms with van der Waals surface area (Å²) >= 11 is 0. The maximum absolute atomic E-state index is 12.9. The largest absolute Gasteiger partial charge is 0.486 e. The number of benzene rings is 2. The quantitative estimate of drug-likeness (QED) is 0.625. The molecule has 1 aliphatic heterocycles. The summed E-state index contributed by atoms with van der Waals surface area (Å²) in [6.07, 6.45) is 0.823. The Balaban J connectivity index is 1.51. The Morgan fingerprint density at radius 1 is 1.06 bits per heavy atom. The molecule has 31 heavy (non-hydrogen) atoms. The van der Waals surface area contributed by atoms with E-state index in [-0.39, 0.29) is 28.1 Å². The van der Waals surface area contributed by atoms with Crippen LogP contribution in [0, 0.1) is 0 Å². The van der Waals surface area contributed by atoms with Crippen LogP contribution in [0.3, 0.4) is 0 Å². The van der Waals surface area contributed by atoms with Gasteiger partial charge in [0.1, 0.15) is 13.2 Å². The van der Waals surface area contributed by atoms with Crippen molar-refractivity contribution in [1.29, 1.82) is 0 Å². The summed E-state index contributed by atoms with van der Waals surface area (Å²) in [6.45, 7) is 2.19. The SMILES string of the molecule is C[C@H](OC(=O)c1ccccc1NS(=O)(=O)c1ccc2c(c1)OCCO2)C(=O)NC1CC1. The molecule has 9 nitrogen and oxygen atoms in total. The Kier molecular flexibility index (Phi) is 5.73. The van der Waals surface area contributed by atoms with Crippen molar-refractivity contribution >= 4 is 27.6 Å². The van der Waals surface area contributed by atoms with E-state index >= 15 is 0 Å². The summed E-state index contributed by atoms with van der Waals surface area (Å²) in [7, 11) is -4.03. The predicted molar refractivity (Wildman–Crippen MR) is 111 cm³/mol. The molecule has 0 aromatic heterocycles. The van der Waals surface area contributed by atoms with E-state index in [9.17, 15) is 18.0 Å². The first-order chi connectivity index (χ1) is 14.8. The van der Waals surface area contributed by atoms with Crippen molar-refractivity contribution in [3.8, 4) is 11.5 Å². The highest BCUT2D eigenvalue weighted by Gasteiger charge is 2.28. The first kappa shape index (κ1) is 21.0. The van der Waals surface area contributed by atoms with Crippen molar-refractivity contribution in [3.05, 3.63) is 48.0 Å². The van der Waals surface area contributed by atoms with E-state index in [1.165, 1.54) is 37.3 Å². The van der Waals surface area contributed by atoms with Crippen LogP contribution in [0.15, 0.2) is 47.4 Å². The van der Waals surface area contributed by atoms with Gasteiger partial charge in [-0.05, 0) is 44.0 Å². The average Bonchev–Trinajstić information content (AvgIpc) is 3.57. The number of sulfonamides is 1. The minimum atomic E-state index is -4.03. The molecule has 0 spiro atoms. The van der Waals surface area contributed by atoms with Crippen LogP contribution in [-0.4, -0.2) is 45.7 Å². The van der Waals surface area contributed by atoms with Crippen molar-refractivity contribution in [2.45, 2.75) is 36.8 Å². The molecule has 0 saturated heterocycles. The van der Waals surface area contributed by atoms with Crippen LogP contribution in [0.2, 0.25) is 0 Å². The van der Waals surface area contributed by atoms with Crippen molar-refractivity contribution < 1.29 is 32.2 Å². The first-order valence-corrected chi connectivity index (χ1v) is 11.3. The minimum absolute atomic E-state index is 0.00492. The van der Waals surface area contributed by atoms with Gasteiger partial charge in [-0.25, -0.2) is 13.2 Å². The fourth-order valence-corrected chi connectivity index (χ4v) is 4.06. The van der Waals surface area contributed by atoms with Gasteiger partial charge in [0.2, 0.25) is 0 Å². The fraction of sp³-hybridized carbons (Fsp3) is 0.333. The molecule has 2 aromatic carbocycles. The molecule has 1 atom stereocenters. The zero-order valence-electron chi connectivity index (χ0n) is 16.8. The monoisotopic (exact) mass is 446 g/mol. The lowest BCUT2D eigenvalue weighted by Crippen LogP contribution is -2.37. The van der Waals surface area contributed by atoms with Gasteiger partial charge in [-0.2, -0.15) is 0 Å². The number of rotatable bonds is 7. The molecule has 164 valence electrons. The fourth-order valence-electron chi connectivity index (χ4n) is 2.97. The zero-order valence-corrected chi connectivity index (χ0v) is 17.6. The maximum atomic E-state index is 12.9. The Morgan fingerprint density at radius 3 is 2.52 bits per heavy atom. The molecular weight excluding hydrogens is 424 g/mol. The van der Waals surface area contributed by atoms with Gasteiger partial charge in [-0.1, -0.05) is 12.1 Å². The van der Waals surface area contributed by atoms with E-state index in [0.29, 0.717) is 24.7 Å². The van der Waals surface area contributed by atoms with Gasteiger partial charge in [0.05, 0.1) is 16.1 Å². The van der Waals surface area contributed by atoms with Gasteiger partial charge >= 0.3 is 5.97 Å². The van der Waals surface area contributed by atoms with E-state index in [1.54, 1.807) is 12.1 Å². The lowest BCUT2D eigenvalue weighted by Gasteiger charge is -2.19. The van der Waals surface area contributed by atoms with Gasteiger partial charge in [0.15, 0.2) is 17.6 Å². The number of para-hydroxylation sites is 1. The molecule has 1 fully saturated rings. The zero-order chi connectivity index (χ0) is 22.0. The van der Waals surface area contributed by atoms with E-state index in [4.69, 9.17) is 14.2 Å². The summed E-state index contributed by atoms with van der Waals surface area (Å²) < 4.78 is 44.3. The average molecular weight is 446 g/mol. The number of amides is 1. The van der Waals surface area contributed by atoms with Gasteiger partial charge in [0.25, 0.3) is 15.9 Å². The van der Waals surface area contributed by atoms with Gasteiger partial charge in [-0.15, -0.1) is 0 Å². The lowest BCUT2D eigenvalue weighted by molar-refractivity contribution is -0.129. The van der Waals surface area contributed by atoms with E-state index in [2.05, 4.69) is 10.0 Å². The number of hydrogen-bond acceptors (Lipinski definition) is 7. The number of ether oxygens (including phenoxy) is 3. The standard InChI is InChI=1S/C21H22N2O7S/c1-13(20(24)22-14-6-7-14)30-21(25)16-4-2-3-5-17(16)23-31(26,27)15-8-9-18-19(12-15)29-11-10-28-18/h2-5,8-9,12-14,23H,6-7,10-11H2,1H3,(H,22,24)/t13-/m0/s1. The molecule has 1 heterocycles. The highest BCUT2D eigenvalue weighted by Crippen LogP contribution is 2.33. The highest BCUT2D eigenvalue weighted by molar-refractivity contribution is 7.92. The third kappa shape index (κ3) is 4.91. The molecule has 1 aliphatic carbocycles. The Bertz CT molecular complexity index is 1110. The van der Waals surface area contributed by atoms with Crippen molar-refractivity contribution in [2.75, 3.05) is 17.9 Å². The van der Waals surface area contributed by atoms with Crippen LogP contribution >= 0.6 is 0 Å². The Morgan fingerprint density at radius 2 is 1.77 bits per heavy atom. The van der Waals surface area contributed by atoms with Crippen LogP contribution in [-0.2, 0) is 19.6 Å². The molecule has 2 aromatic rings. The third-order valence-corrected chi connectivity index (χ3v) is 6.16. The van der Waals surface area contributed by atoms with E-state index in [0.717, 1.165) is 12.8 Å². The third-order valence-electron chi connectivity index (χ3n) is 4.79. The lowest BCUT2D eigenvalue weighted by atomic mass is 10.2. The van der Waals surface area contributed by atoms with Crippen molar-refractivity contribution in [3.63, 3.8) is 0 Å². The number of hydrogen-bond donors (Lipinski definition) is 2. The summed E-state index contributed by atoms with van der Waals surface area (Å²) in [5, 5.41) is 2.76. The van der Waals surface area contributed by atoms with E-state index in [1.807, 2.05) is 0 Å². The molecule has 0 unspecified atom stereocenters. The van der Waals surface area contributed by atoms with Gasteiger partial charge in [-0.3, -0.25) is 9.52 Å². The van der Waals surface area contributed by atoms with Crippen molar-refractivity contribution in [1.82, 2.24) is 5.32 Å². The van der Waals surface area contributed by atoms with Crippen LogP contribution in [0.1, 0.15) is 30.1 Å². The summed E-state index contributed by atoms with van der Waals surface area (Å²) in [4.78, 5) is 24.6. The van der Waals surface area contributed by atoms with Gasteiger partial charge < -0.3 is 19.5 Å². The summed E-state index contributed by atoms with van der Waals surface area (Å²) in [5.74, 6) is -0.394. The number of fused-ring (bicyclic) bond motifs is 1. The summed E-state index contributed by atoms with van der Waals surface area (Å²) in [6, 6.07) is 10.4. The molecule has 4 rings (SSSR count). The predicted octanol–water partition coefficient (Wildman–Crippen LogP) is 2.08. The molecule has 0 radical (unpaired) electrons. The second-order valence-corrected chi connectivity index (χ2v) is 8.97. The van der Waals surface area contributed by atoms with Crippen LogP contribution in [0.5, 0.6) is 11.5 Å². The number of nitrogens with one attached hydrogen (secondary N) is 2. The molecule has 1 saturated carbocycles. The molecule has 10 heteroatoms. The number of esters is 1. The molecule has 2 aliphatic rings. The molecule has 0 bridgehead atoms. The molecule has 1 amide bonds. The minimum Gasteiger partial charge on any atom is -0.486 e. The van der Waals surface area contributed by atoms with E-state index < -0.39 is 22.1 Å². The summed E-state index contributed by atoms with van der Waals surface area (Å²) in [5.41, 5.74) is 0.0341. The van der Waals surface area contributed by atoms with Crippen molar-refractivity contribution in [2.24, 2.45) is 0 Å². The second-order valence-electron chi connectivity index (χ2n) is 7.29. The van der Waals surface area contributed by atoms with Crippen LogP contribution in [0.25, 0.3) is 0 Å². The topological polar surface area (TPSA) is 120 Å². The van der Waals surface area contributed by atoms with Crippen LogP contribution < -0.4 is 19.5 Å². The number of carbonyl (C=O) groups excluding carboxylic acids is 2. The Hall–Kier alpha value is -3.27. The number of anilines is 1. The normalized spacial score (nSPS) is 16.2.